The number of rotatable bonds is 4. The maximum atomic E-state index is 12.7. The Labute approximate surface area is 112 Å². The van der Waals surface area contributed by atoms with Gasteiger partial charge in [0, 0.05) is 12.6 Å². The minimum absolute atomic E-state index is 0.125. The van der Waals surface area contributed by atoms with Gasteiger partial charge in [0.25, 0.3) is 0 Å². The smallest absolute Gasteiger partial charge is 0.418 e. The molecule has 20 heavy (non-hydrogen) atoms. The number of Topliss-reactive ketones (excluding diaryl/α,β-unsaturated/α-hetero) is 1. The number of benzene rings is 1. The molecule has 0 spiro atoms. The first kappa shape index (κ1) is 14.0. The minimum Gasteiger partial charge on any atom is -0.461 e. The van der Waals surface area contributed by atoms with Crippen LogP contribution in [-0.2, 0) is 6.18 Å². The molecule has 2 rings (SSSR count). The standard InChI is InChI=1S/C14H10F3NO2/c15-14(16,17)10-4-1-2-5-11(10)18-8-7-12(19)13-6-3-9-20-13/h1-6,8-9H,7H2. The number of carbonyl (C=O) groups is 1. The summed E-state index contributed by atoms with van der Waals surface area (Å²) in [5.74, 6) is -0.191. The summed E-state index contributed by atoms with van der Waals surface area (Å²) in [5, 5.41) is 0. The number of alkyl halides is 3. The van der Waals surface area contributed by atoms with Crippen molar-refractivity contribution >= 4 is 17.7 Å². The Morgan fingerprint density at radius 2 is 1.95 bits per heavy atom. The molecular weight excluding hydrogens is 271 g/mol. The van der Waals surface area contributed by atoms with E-state index in [-0.39, 0.29) is 23.7 Å². The second kappa shape index (κ2) is 5.73. The molecule has 0 aliphatic carbocycles. The highest BCUT2D eigenvalue weighted by atomic mass is 19.4. The zero-order valence-electron chi connectivity index (χ0n) is 10.2. The van der Waals surface area contributed by atoms with E-state index in [0.717, 1.165) is 12.3 Å². The Morgan fingerprint density at radius 1 is 1.20 bits per heavy atom. The number of carbonyl (C=O) groups excluding carboxylic acids is 1. The van der Waals surface area contributed by atoms with Gasteiger partial charge in [-0.25, -0.2) is 0 Å². The van der Waals surface area contributed by atoms with Gasteiger partial charge in [-0.1, -0.05) is 12.1 Å². The maximum Gasteiger partial charge on any atom is 0.418 e. The van der Waals surface area contributed by atoms with Crippen LogP contribution in [0.15, 0.2) is 52.1 Å². The van der Waals surface area contributed by atoms with E-state index in [1.54, 1.807) is 6.07 Å². The normalized spacial score (nSPS) is 11.9. The van der Waals surface area contributed by atoms with Gasteiger partial charge in [-0.15, -0.1) is 0 Å². The fourth-order valence-corrected chi connectivity index (χ4v) is 1.59. The molecule has 2 aromatic rings. The molecule has 3 nitrogen and oxygen atoms in total. The summed E-state index contributed by atoms with van der Waals surface area (Å²) >= 11 is 0. The lowest BCUT2D eigenvalue weighted by Crippen LogP contribution is -2.05. The largest absolute Gasteiger partial charge is 0.461 e. The first-order chi connectivity index (χ1) is 9.48. The first-order valence-corrected chi connectivity index (χ1v) is 5.74. The third-order valence-electron chi connectivity index (χ3n) is 2.51. The second-order valence-electron chi connectivity index (χ2n) is 3.93. The monoisotopic (exact) mass is 281 g/mol. The van der Waals surface area contributed by atoms with E-state index in [0.29, 0.717) is 0 Å². The van der Waals surface area contributed by atoms with Gasteiger partial charge in [0.2, 0.25) is 5.78 Å². The van der Waals surface area contributed by atoms with Crippen LogP contribution in [0.3, 0.4) is 0 Å². The number of nitrogens with zero attached hydrogens (tertiary/aromatic N) is 1. The van der Waals surface area contributed by atoms with Crippen LogP contribution in [0.2, 0.25) is 0 Å². The van der Waals surface area contributed by atoms with Crippen molar-refractivity contribution in [3.05, 3.63) is 54.0 Å². The Bertz CT molecular complexity index is 616. The van der Waals surface area contributed by atoms with Gasteiger partial charge >= 0.3 is 6.18 Å². The highest BCUT2D eigenvalue weighted by Crippen LogP contribution is 2.35. The van der Waals surface area contributed by atoms with E-state index < -0.39 is 11.7 Å². The molecule has 0 aliphatic rings. The van der Waals surface area contributed by atoms with E-state index in [2.05, 4.69) is 4.99 Å². The molecule has 0 atom stereocenters. The number of halogens is 3. The topological polar surface area (TPSA) is 42.6 Å². The van der Waals surface area contributed by atoms with Gasteiger partial charge in [0.05, 0.1) is 17.5 Å². The van der Waals surface area contributed by atoms with Crippen LogP contribution in [-0.4, -0.2) is 12.0 Å². The summed E-state index contributed by atoms with van der Waals surface area (Å²) in [7, 11) is 0. The molecule has 0 saturated heterocycles. The van der Waals surface area contributed by atoms with Crippen molar-refractivity contribution in [2.24, 2.45) is 4.99 Å². The lowest BCUT2D eigenvalue weighted by molar-refractivity contribution is -0.137. The average Bonchev–Trinajstić information content (AvgIpc) is 2.92. The van der Waals surface area contributed by atoms with E-state index in [9.17, 15) is 18.0 Å². The van der Waals surface area contributed by atoms with Crippen molar-refractivity contribution < 1.29 is 22.4 Å². The van der Waals surface area contributed by atoms with Crippen molar-refractivity contribution in [3.8, 4) is 0 Å². The third-order valence-corrected chi connectivity index (χ3v) is 2.51. The molecule has 6 heteroatoms. The lowest BCUT2D eigenvalue weighted by Gasteiger charge is -2.08. The number of aliphatic imine (C=N–C) groups is 1. The average molecular weight is 281 g/mol. The van der Waals surface area contributed by atoms with Gasteiger partial charge in [0.1, 0.15) is 0 Å². The molecular formula is C14H10F3NO2. The van der Waals surface area contributed by atoms with Crippen molar-refractivity contribution in [2.75, 3.05) is 0 Å². The van der Waals surface area contributed by atoms with Crippen LogP contribution < -0.4 is 0 Å². The van der Waals surface area contributed by atoms with Crippen LogP contribution in [0.5, 0.6) is 0 Å². The Kier molecular flexibility index (Phi) is 4.02. The summed E-state index contributed by atoms with van der Waals surface area (Å²) in [4.78, 5) is 15.3. The van der Waals surface area contributed by atoms with Gasteiger partial charge in [0.15, 0.2) is 5.76 Å². The minimum atomic E-state index is -4.47. The number of furan rings is 1. The second-order valence-corrected chi connectivity index (χ2v) is 3.93. The van der Waals surface area contributed by atoms with E-state index in [4.69, 9.17) is 4.42 Å². The van der Waals surface area contributed by atoms with E-state index in [1.165, 1.54) is 30.5 Å². The molecule has 0 unspecified atom stereocenters. The van der Waals surface area contributed by atoms with Gasteiger partial charge in [-0.2, -0.15) is 13.2 Å². The Hall–Kier alpha value is -2.37. The maximum absolute atomic E-state index is 12.7. The Balaban J connectivity index is 2.11. The quantitative estimate of drug-likeness (QED) is 0.620. The summed E-state index contributed by atoms with van der Waals surface area (Å²) in [5.41, 5.74) is -1.05. The molecule has 0 fully saturated rings. The molecule has 0 radical (unpaired) electrons. The molecule has 1 heterocycles. The van der Waals surface area contributed by atoms with Crippen molar-refractivity contribution in [1.29, 1.82) is 0 Å². The Morgan fingerprint density at radius 3 is 2.60 bits per heavy atom. The highest BCUT2D eigenvalue weighted by molar-refractivity contribution is 6.02. The van der Waals surface area contributed by atoms with Crippen molar-refractivity contribution in [1.82, 2.24) is 0 Å². The van der Waals surface area contributed by atoms with E-state index in [1.807, 2.05) is 0 Å². The molecule has 1 aromatic carbocycles. The van der Waals surface area contributed by atoms with Crippen LogP contribution in [0.1, 0.15) is 22.5 Å². The predicted molar refractivity (Wildman–Crippen MR) is 67.3 cm³/mol. The van der Waals surface area contributed by atoms with E-state index >= 15 is 0 Å². The van der Waals surface area contributed by atoms with Gasteiger partial charge in [-0.05, 0) is 24.3 Å². The van der Waals surface area contributed by atoms with Crippen LogP contribution in [0.4, 0.5) is 18.9 Å². The molecule has 0 N–H and O–H groups in total. The van der Waals surface area contributed by atoms with Gasteiger partial charge in [-0.3, -0.25) is 9.79 Å². The highest BCUT2D eigenvalue weighted by Gasteiger charge is 2.32. The molecule has 0 saturated carbocycles. The molecule has 0 aliphatic heterocycles. The lowest BCUT2D eigenvalue weighted by atomic mass is 10.1. The molecule has 1 aromatic heterocycles. The predicted octanol–water partition coefficient (Wildman–Crippen LogP) is 4.27. The SMILES string of the molecule is O=C(CC=Nc1ccccc1C(F)(F)F)c1ccco1. The number of hydrogen-bond donors (Lipinski definition) is 0. The fourth-order valence-electron chi connectivity index (χ4n) is 1.59. The summed E-state index contributed by atoms with van der Waals surface area (Å²) in [6.07, 6.45) is -2.10. The third kappa shape index (κ3) is 3.34. The zero-order chi connectivity index (χ0) is 14.6. The van der Waals surface area contributed by atoms with Crippen LogP contribution in [0.25, 0.3) is 0 Å². The van der Waals surface area contributed by atoms with Crippen molar-refractivity contribution in [2.45, 2.75) is 12.6 Å². The summed E-state index contributed by atoms with van der Waals surface area (Å²) < 4.78 is 43.0. The van der Waals surface area contributed by atoms with Gasteiger partial charge < -0.3 is 4.42 Å². The molecule has 104 valence electrons. The van der Waals surface area contributed by atoms with Crippen LogP contribution in [0, 0.1) is 0 Å². The van der Waals surface area contributed by atoms with Crippen molar-refractivity contribution in [3.63, 3.8) is 0 Å². The summed E-state index contributed by atoms with van der Waals surface area (Å²) in [6.45, 7) is 0. The zero-order valence-corrected chi connectivity index (χ0v) is 10.2. The van der Waals surface area contributed by atoms with Crippen LogP contribution >= 0.6 is 0 Å². The number of para-hydroxylation sites is 1. The number of hydrogen-bond acceptors (Lipinski definition) is 3. The first-order valence-electron chi connectivity index (χ1n) is 5.74. The fraction of sp³-hybridized carbons (Fsp3) is 0.143. The number of ketones is 1. The molecule has 0 amide bonds. The molecule has 0 bridgehead atoms. The summed E-state index contributed by atoms with van der Waals surface area (Å²) in [6, 6.07) is 7.98.